The van der Waals surface area contributed by atoms with E-state index in [9.17, 15) is 9.59 Å². The molecule has 0 saturated carbocycles. The van der Waals surface area contributed by atoms with Crippen LogP contribution in [-0.2, 0) is 16.1 Å². The highest BCUT2D eigenvalue weighted by molar-refractivity contribution is 6.03. The molecule has 0 spiro atoms. The summed E-state index contributed by atoms with van der Waals surface area (Å²) < 4.78 is 11.2. The number of benzene rings is 2. The molecular formula is C20H22N2O4. The van der Waals surface area contributed by atoms with Crippen LogP contribution in [0.1, 0.15) is 24.0 Å². The highest BCUT2D eigenvalue weighted by atomic mass is 16.5. The number of ether oxygens (including phenoxy) is 2. The number of hydrogen-bond donors (Lipinski definition) is 2. The van der Waals surface area contributed by atoms with E-state index in [4.69, 9.17) is 9.47 Å². The lowest BCUT2D eigenvalue weighted by Gasteiger charge is -2.10. The number of fused-ring (bicyclic) bond motifs is 1. The Morgan fingerprint density at radius 3 is 2.46 bits per heavy atom. The molecule has 0 saturated heterocycles. The van der Waals surface area contributed by atoms with Crippen molar-refractivity contribution in [3.63, 3.8) is 0 Å². The van der Waals surface area contributed by atoms with E-state index < -0.39 is 0 Å². The largest absolute Gasteiger partial charge is 0.490 e. The Bertz CT molecular complexity index is 787. The molecule has 6 nitrogen and oxygen atoms in total. The van der Waals surface area contributed by atoms with Gasteiger partial charge in [-0.3, -0.25) is 9.59 Å². The average Bonchev–Trinajstić information content (AvgIpc) is 2.86. The van der Waals surface area contributed by atoms with Crippen molar-refractivity contribution in [1.82, 2.24) is 5.32 Å². The van der Waals surface area contributed by atoms with Crippen molar-refractivity contribution in [3.8, 4) is 11.5 Å². The summed E-state index contributed by atoms with van der Waals surface area (Å²) >= 11 is 0. The van der Waals surface area contributed by atoms with Crippen molar-refractivity contribution < 1.29 is 19.1 Å². The molecule has 0 bridgehead atoms. The number of aryl methyl sites for hydroxylation is 1. The van der Waals surface area contributed by atoms with Gasteiger partial charge in [0.15, 0.2) is 11.5 Å². The maximum absolute atomic E-state index is 12.0. The van der Waals surface area contributed by atoms with E-state index >= 15 is 0 Å². The highest BCUT2D eigenvalue weighted by Crippen LogP contribution is 2.30. The molecule has 1 aliphatic rings. The number of carbonyl (C=O) groups is 2. The zero-order valence-electron chi connectivity index (χ0n) is 14.7. The van der Waals surface area contributed by atoms with Crippen LogP contribution in [0.25, 0.3) is 0 Å². The Kier molecular flexibility index (Phi) is 5.73. The normalized spacial score (nSPS) is 12.8. The summed E-state index contributed by atoms with van der Waals surface area (Å²) in [4.78, 5) is 23.9. The summed E-state index contributed by atoms with van der Waals surface area (Å²) in [5.74, 6) is 0.730. The van der Waals surface area contributed by atoms with E-state index in [1.165, 1.54) is 0 Å². The van der Waals surface area contributed by atoms with Gasteiger partial charge in [-0.2, -0.15) is 0 Å². The summed E-state index contributed by atoms with van der Waals surface area (Å²) in [5, 5.41) is 5.46. The van der Waals surface area contributed by atoms with Crippen LogP contribution in [0.15, 0.2) is 42.5 Å². The van der Waals surface area contributed by atoms with Crippen molar-refractivity contribution >= 4 is 17.5 Å². The molecule has 1 heterocycles. The Hall–Kier alpha value is -3.02. The molecule has 0 fully saturated rings. The maximum Gasteiger partial charge on any atom is 0.233 e. The second-order valence-corrected chi connectivity index (χ2v) is 6.20. The minimum Gasteiger partial charge on any atom is -0.490 e. The van der Waals surface area contributed by atoms with Crippen LogP contribution in [0.5, 0.6) is 11.5 Å². The lowest BCUT2D eigenvalue weighted by Crippen LogP contribution is -2.27. The third kappa shape index (κ3) is 4.99. The quantitative estimate of drug-likeness (QED) is 0.810. The molecule has 3 rings (SSSR count). The fourth-order valence-corrected chi connectivity index (χ4v) is 2.57. The predicted octanol–water partition coefficient (Wildman–Crippen LogP) is 2.80. The molecule has 2 aromatic rings. The SMILES string of the molecule is Cc1ccc(NC(=O)CC(=O)NCc2ccc3c(c2)OCCCO3)cc1. The lowest BCUT2D eigenvalue weighted by atomic mass is 10.2. The zero-order chi connectivity index (χ0) is 18.4. The van der Waals surface area contributed by atoms with Gasteiger partial charge >= 0.3 is 0 Å². The number of amides is 2. The number of hydrogen-bond acceptors (Lipinski definition) is 4. The molecule has 0 unspecified atom stereocenters. The first-order valence-corrected chi connectivity index (χ1v) is 8.62. The molecule has 2 aromatic carbocycles. The summed E-state index contributed by atoms with van der Waals surface area (Å²) in [5.41, 5.74) is 2.67. The molecule has 2 amide bonds. The second-order valence-electron chi connectivity index (χ2n) is 6.20. The van der Waals surface area contributed by atoms with Crippen LogP contribution < -0.4 is 20.1 Å². The van der Waals surface area contributed by atoms with E-state index in [0.717, 1.165) is 23.3 Å². The van der Waals surface area contributed by atoms with Crippen molar-refractivity contribution in [2.45, 2.75) is 26.3 Å². The van der Waals surface area contributed by atoms with Crippen LogP contribution in [0.4, 0.5) is 5.69 Å². The first kappa shape index (κ1) is 17.8. The van der Waals surface area contributed by atoms with Crippen molar-refractivity contribution in [2.75, 3.05) is 18.5 Å². The zero-order valence-corrected chi connectivity index (χ0v) is 14.7. The van der Waals surface area contributed by atoms with Gasteiger partial charge in [-0.05, 0) is 36.8 Å². The molecule has 0 radical (unpaired) electrons. The van der Waals surface area contributed by atoms with Crippen LogP contribution in [-0.4, -0.2) is 25.0 Å². The van der Waals surface area contributed by atoms with Gasteiger partial charge in [0.2, 0.25) is 11.8 Å². The third-order valence-corrected chi connectivity index (χ3v) is 3.96. The number of rotatable bonds is 5. The number of nitrogens with one attached hydrogen (secondary N) is 2. The Balaban J connectivity index is 1.48. The van der Waals surface area contributed by atoms with Gasteiger partial charge in [-0.15, -0.1) is 0 Å². The van der Waals surface area contributed by atoms with E-state index in [1.807, 2.05) is 49.4 Å². The summed E-state index contributed by atoms with van der Waals surface area (Å²) in [7, 11) is 0. The Morgan fingerprint density at radius 2 is 1.69 bits per heavy atom. The van der Waals surface area contributed by atoms with Gasteiger partial charge in [-0.1, -0.05) is 23.8 Å². The topological polar surface area (TPSA) is 76.7 Å². The molecule has 6 heteroatoms. The van der Waals surface area contributed by atoms with Gasteiger partial charge in [0.1, 0.15) is 6.42 Å². The summed E-state index contributed by atoms with van der Waals surface area (Å²) in [6.07, 6.45) is 0.620. The van der Waals surface area contributed by atoms with E-state index in [0.29, 0.717) is 31.2 Å². The van der Waals surface area contributed by atoms with Crippen LogP contribution in [0.3, 0.4) is 0 Å². The van der Waals surface area contributed by atoms with Gasteiger partial charge < -0.3 is 20.1 Å². The van der Waals surface area contributed by atoms with Crippen molar-refractivity contribution in [3.05, 3.63) is 53.6 Å². The smallest absolute Gasteiger partial charge is 0.233 e. The molecule has 0 atom stereocenters. The standard InChI is InChI=1S/C20H22N2O4/c1-14-3-6-16(7-4-14)22-20(24)12-19(23)21-13-15-5-8-17-18(11-15)26-10-2-9-25-17/h3-8,11H,2,9-10,12-13H2,1H3,(H,21,23)(H,22,24). The van der Waals surface area contributed by atoms with Gasteiger partial charge in [-0.25, -0.2) is 0 Å². The fraction of sp³-hybridized carbons (Fsp3) is 0.300. The lowest BCUT2D eigenvalue weighted by molar-refractivity contribution is -0.126. The molecule has 0 aliphatic carbocycles. The first-order valence-electron chi connectivity index (χ1n) is 8.62. The van der Waals surface area contributed by atoms with Gasteiger partial charge in [0, 0.05) is 18.7 Å². The number of carbonyl (C=O) groups excluding carboxylic acids is 2. The van der Waals surface area contributed by atoms with Crippen molar-refractivity contribution in [1.29, 1.82) is 0 Å². The maximum atomic E-state index is 12.0. The molecular weight excluding hydrogens is 332 g/mol. The minimum atomic E-state index is -0.343. The second kappa shape index (κ2) is 8.38. The average molecular weight is 354 g/mol. The fourth-order valence-electron chi connectivity index (χ4n) is 2.57. The Labute approximate surface area is 152 Å². The third-order valence-electron chi connectivity index (χ3n) is 3.96. The molecule has 2 N–H and O–H groups in total. The van der Waals surface area contributed by atoms with Gasteiger partial charge in [0.05, 0.1) is 13.2 Å². The van der Waals surface area contributed by atoms with Crippen LogP contribution in [0.2, 0.25) is 0 Å². The first-order chi connectivity index (χ1) is 12.6. The summed E-state index contributed by atoms with van der Waals surface area (Å²) in [6, 6.07) is 13.0. The van der Waals surface area contributed by atoms with E-state index in [-0.39, 0.29) is 18.2 Å². The number of anilines is 1. The highest BCUT2D eigenvalue weighted by Gasteiger charge is 2.12. The van der Waals surface area contributed by atoms with Crippen LogP contribution >= 0.6 is 0 Å². The van der Waals surface area contributed by atoms with E-state index in [1.54, 1.807) is 0 Å². The molecule has 136 valence electrons. The van der Waals surface area contributed by atoms with Crippen molar-refractivity contribution in [2.24, 2.45) is 0 Å². The van der Waals surface area contributed by atoms with Gasteiger partial charge in [0.25, 0.3) is 0 Å². The molecule has 0 aromatic heterocycles. The predicted molar refractivity (Wildman–Crippen MR) is 98.3 cm³/mol. The molecule has 26 heavy (non-hydrogen) atoms. The minimum absolute atomic E-state index is 0.224. The van der Waals surface area contributed by atoms with E-state index in [2.05, 4.69) is 10.6 Å². The molecule has 1 aliphatic heterocycles. The monoisotopic (exact) mass is 354 g/mol. The Morgan fingerprint density at radius 1 is 0.962 bits per heavy atom. The van der Waals surface area contributed by atoms with Crippen LogP contribution in [0, 0.1) is 6.92 Å². The summed E-state index contributed by atoms with van der Waals surface area (Å²) in [6.45, 7) is 3.55.